The Hall–Kier alpha value is -3.52. The molecule has 8 heteroatoms. The van der Waals surface area contributed by atoms with Gasteiger partial charge < -0.3 is 20.1 Å². The second-order valence-corrected chi connectivity index (χ2v) is 9.74. The number of amides is 2. The topological polar surface area (TPSA) is 80.7 Å². The van der Waals surface area contributed by atoms with Crippen LogP contribution < -0.4 is 20.1 Å². The summed E-state index contributed by atoms with van der Waals surface area (Å²) in [7, 11) is 5.33. The van der Waals surface area contributed by atoms with Crippen molar-refractivity contribution in [2.75, 3.05) is 33.9 Å². The van der Waals surface area contributed by atoms with E-state index in [0.717, 1.165) is 36.3 Å². The molecule has 3 fully saturated rings. The number of nitrogens with zero attached hydrogens (tertiary/aromatic N) is 3. The molecule has 4 heterocycles. The minimum absolute atomic E-state index is 0.107. The van der Waals surface area contributed by atoms with Crippen molar-refractivity contribution < 1.29 is 14.3 Å². The number of aryl methyl sites for hydroxylation is 1. The van der Waals surface area contributed by atoms with E-state index in [1.54, 1.807) is 14.2 Å². The van der Waals surface area contributed by atoms with E-state index in [0.29, 0.717) is 42.5 Å². The SMILES string of the molecule is COc1ccc(-c2cc([C@H]3CN4CC[C@H]3C[C@@H]4CNC(=O)NCc3ccccc3)n(C)n2)cc1OC. The summed E-state index contributed by atoms with van der Waals surface area (Å²) in [6, 6.07) is 18.4. The highest BCUT2D eigenvalue weighted by Gasteiger charge is 2.41. The van der Waals surface area contributed by atoms with Gasteiger partial charge in [-0.1, -0.05) is 30.3 Å². The van der Waals surface area contributed by atoms with Crippen LogP contribution in [0.15, 0.2) is 54.6 Å². The van der Waals surface area contributed by atoms with Crippen LogP contribution in [0.1, 0.15) is 30.0 Å². The number of urea groups is 1. The zero-order valence-corrected chi connectivity index (χ0v) is 21.2. The van der Waals surface area contributed by atoms with Gasteiger partial charge in [-0.25, -0.2) is 4.79 Å². The van der Waals surface area contributed by atoms with Crippen molar-refractivity contribution in [2.24, 2.45) is 13.0 Å². The number of benzene rings is 2. The Morgan fingerprint density at radius 3 is 2.58 bits per heavy atom. The molecule has 0 radical (unpaired) electrons. The van der Waals surface area contributed by atoms with Gasteiger partial charge in [0.15, 0.2) is 11.5 Å². The summed E-state index contributed by atoms with van der Waals surface area (Å²) in [5, 5.41) is 10.9. The molecule has 3 aliphatic rings. The van der Waals surface area contributed by atoms with Crippen molar-refractivity contribution in [1.82, 2.24) is 25.3 Å². The second-order valence-electron chi connectivity index (χ2n) is 9.74. The number of methoxy groups -OCH3 is 2. The second kappa shape index (κ2) is 10.6. The highest BCUT2D eigenvalue weighted by atomic mass is 16.5. The Morgan fingerprint density at radius 1 is 1.06 bits per heavy atom. The molecule has 190 valence electrons. The third-order valence-electron chi connectivity index (χ3n) is 7.65. The van der Waals surface area contributed by atoms with Crippen LogP contribution in [0.2, 0.25) is 0 Å². The van der Waals surface area contributed by atoms with E-state index in [2.05, 4.69) is 21.6 Å². The normalized spacial score (nSPS) is 22.8. The first-order chi connectivity index (χ1) is 17.6. The largest absolute Gasteiger partial charge is 0.493 e. The lowest BCUT2D eigenvalue weighted by atomic mass is 9.74. The highest BCUT2D eigenvalue weighted by Crippen LogP contribution is 2.42. The van der Waals surface area contributed by atoms with Crippen LogP contribution in [-0.4, -0.2) is 60.6 Å². The van der Waals surface area contributed by atoms with Gasteiger partial charge in [0.25, 0.3) is 0 Å². The Labute approximate surface area is 212 Å². The first-order valence-electron chi connectivity index (χ1n) is 12.6. The summed E-state index contributed by atoms with van der Waals surface area (Å²) < 4.78 is 12.9. The predicted molar refractivity (Wildman–Crippen MR) is 139 cm³/mol. The average molecular weight is 490 g/mol. The van der Waals surface area contributed by atoms with Gasteiger partial charge in [0.2, 0.25) is 0 Å². The van der Waals surface area contributed by atoms with Crippen LogP contribution in [0.5, 0.6) is 11.5 Å². The number of hydrogen-bond donors (Lipinski definition) is 2. The quantitative estimate of drug-likeness (QED) is 0.503. The number of nitrogens with one attached hydrogen (secondary N) is 2. The number of carbonyl (C=O) groups is 1. The van der Waals surface area contributed by atoms with Crippen molar-refractivity contribution in [3.8, 4) is 22.8 Å². The molecule has 36 heavy (non-hydrogen) atoms. The number of aromatic nitrogens is 2. The lowest BCUT2D eigenvalue weighted by Gasteiger charge is -2.49. The average Bonchev–Trinajstić information content (AvgIpc) is 3.32. The molecule has 3 saturated heterocycles. The van der Waals surface area contributed by atoms with Crippen molar-refractivity contribution in [3.05, 3.63) is 65.9 Å². The summed E-state index contributed by atoms with van der Waals surface area (Å²) in [5.41, 5.74) is 4.32. The maximum absolute atomic E-state index is 12.4. The van der Waals surface area contributed by atoms with Crippen molar-refractivity contribution in [2.45, 2.75) is 31.3 Å². The van der Waals surface area contributed by atoms with Crippen LogP contribution in [0.4, 0.5) is 4.79 Å². The number of rotatable bonds is 8. The fraction of sp³-hybridized carbons (Fsp3) is 0.429. The Balaban J connectivity index is 1.20. The fourth-order valence-electron chi connectivity index (χ4n) is 5.70. The van der Waals surface area contributed by atoms with E-state index >= 15 is 0 Å². The summed E-state index contributed by atoms with van der Waals surface area (Å²) in [4.78, 5) is 14.9. The molecule has 1 unspecified atom stereocenters. The van der Waals surface area contributed by atoms with Gasteiger partial charge >= 0.3 is 6.03 Å². The first-order valence-corrected chi connectivity index (χ1v) is 12.6. The van der Waals surface area contributed by atoms with Crippen LogP contribution in [0.25, 0.3) is 11.3 Å². The molecule has 2 aromatic carbocycles. The molecular weight excluding hydrogens is 454 g/mol. The van der Waals surface area contributed by atoms with Gasteiger partial charge in [0, 0.05) is 49.9 Å². The van der Waals surface area contributed by atoms with E-state index in [9.17, 15) is 4.79 Å². The molecule has 3 aromatic rings. The molecule has 0 aliphatic carbocycles. The number of hydrogen-bond acceptors (Lipinski definition) is 5. The van der Waals surface area contributed by atoms with E-state index in [1.165, 1.54) is 12.1 Å². The molecule has 2 N–H and O–H groups in total. The van der Waals surface area contributed by atoms with Crippen molar-refractivity contribution in [1.29, 1.82) is 0 Å². The van der Waals surface area contributed by atoms with Crippen molar-refractivity contribution in [3.63, 3.8) is 0 Å². The zero-order chi connectivity index (χ0) is 25.1. The molecule has 0 spiro atoms. The smallest absolute Gasteiger partial charge is 0.315 e. The lowest BCUT2D eigenvalue weighted by Crippen LogP contribution is -2.56. The minimum atomic E-state index is -0.107. The number of fused-ring (bicyclic) bond motifs is 3. The predicted octanol–water partition coefficient (Wildman–Crippen LogP) is 3.78. The van der Waals surface area contributed by atoms with Gasteiger partial charge in [-0.15, -0.1) is 0 Å². The monoisotopic (exact) mass is 489 g/mol. The van der Waals surface area contributed by atoms with Crippen LogP contribution in [0, 0.1) is 5.92 Å². The highest BCUT2D eigenvalue weighted by molar-refractivity contribution is 5.73. The summed E-state index contributed by atoms with van der Waals surface area (Å²) in [5.74, 6) is 2.44. The van der Waals surface area contributed by atoms with E-state index in [4.69, 9.17) is 14.6 Å². The van der Waals surface area contributed by atoms with Crippen LogP contribution >= 0.6 is 0 Å². The maximum Gasteiger partial charge on any atom is 0.315 e. The molecule has 0 saturated carbocycles. The van der Waals surface area contributed by atoms with Gasteiger partial charge in [-0.3, -0.25) is 9.58 Å². The lowest BCUT2D eigenvalue weighted by molar-refractivity contribution is 0.0294. The Bertz CT molecular complexity index is 1200. The standard InChI is InChI=1S/C28H35N5O3/c1-32-25(15-24(31-32)21-9-10-26(35-2)27(14-21)36-3)23-18-33-12-11-20(23)13-22(33)17-30-28(34)29-16-19-7-5-4-6-8-19/h4-10,14-15,20,22-23H,11-13,16-18H2,1-3H3,(H2,29,30,34)/t20-,22+,23-/m0/s1. The Morgan fingerprint density at radius 2 is 1.86 bits per heavy atom. The Kier molecular flexibility index (Phi) is 7.13. The molecule has 6 rings (SSSR count). The molecule has 2 amide bonds. The molecule has 8 nitrogen and oxygen atoms in total. The number of ether oxygens (including phenoxy) is 2. The van der Waals surface area contributed by atoms with Gasteiger partial charge in [0.1, 0.15) is 0 Å². The van der Waals surface area contributed by atoms with Gasteiger partial charge in [-0.05, 0) is 55.1 Å². The van der Waals surface area contributed by atoms with Crippen LogP contribution in [-0.2, 0) is 13.6 Å². The van der Waals surface area contributed by atoms with Gasteiger partial charge in [-0.2, -0.15) is 5.10 Å². The van der Waals surface area contributed by atoms with E-state index in [-0.39, 0.29) is 6.03 Å². The third kappa shape index (κ3) is 5.04. The number of carbonyl (C=O) groups excluding carboxylic acids is 1. The third-order valence-corrected chi connectivity index (χ3v) is 7.65. The molecule has 3 aliphatic heterocycles. The van der Waals surface area contributed by atoms with Crippen molar-refractivity contribution >= 4 is 6.03 Å². The molecule has 2 bridgehead atoms. The number of piperidine rings is 3. The van der Waals surface area contributed by atoms with Crippen LogP contribution in [0.3, 0.4) is 0 Å². The molecule has 4 atom stereocenters. The fourth-order valence-corrected chi connectivity index (χ4v) is 5.70. The minimum Gasteiger partial charge on any atom is -0.493 e. The molecule has 1 aromatic heterocycles. The van der Waals surface area contributed by atoms with E-state index < -0.39 is 0 Å². The molecular formula is C28H35N5O3. The van der Waals surface area contributed by atoms with Gasteiger partial charge in [0.05, 0.1) is 19.9 Å². The summed E-state index contributed by atoms with van der Waals surface area (Å²) in [6.45, 7) is 3.29. The first kappa shape index (κ1) is 24.2. The summed E-state index contributed by atoms with van der Waals surface area (Å²) in [6.07, 6.45) is 2.26. The zero-order valence-electron chi connectivity index (χ0n) is 21.2. The maximum atomic E-state index is 12.4. The summed E-state index contributed by atoms with van der Waals surface area (Å²) >= 11 is 0. The van der Waals surface area contributed by atoms with E-state index in [1.807, 2.05) is 60.3 Å².